The zero-order valence-corrected chi connectivity index (χ0v) is 26.9. The molecule has 1 atom stereocenters. The molecule has 0 unspecified atom stereocenters. The fraction of sp³-hybridized carbons (Fsp3) is 0.515. The molecule has 5 N–H and O–H groups in total. The molecule has 0 spiro atoms. The van der Waals surface area contributed by atoms with Crippen LogP contribution in [0.3, 0.4) is 0 Å². The van der Waals surface area contributed by atoms with E-state index in [0.29, 0.717) is 96.0 Å². The van der Waals surface area contributed by atoms with Crippen molar-refractivity contribution in [3.8, 4) is 0 Å². The Morgan fingerprint density at radius 2 is 1.52 bits per heavy atom. The van der Waals surface area contributed by atoms with E-state index in [2.05, 4.69) is 5.32 Å². The molecule has 0 radical (unpaired) electrons. The summed E-state index contributed by atoms with van der Waals surface area (Å²) < 4.78 is 22.6. The van der Waals surface area contributed by atoms with Crippen LogP contribution in [0.15, 0.2) is 59.0 Å². The lowest BCUT2D eigenvalue weighted by molar-refractivity contribution is -0.141. The molecule has 3 aliphatic rings. The zero-order valence-electron chi connectivity index (χ0n) is 26.2. The number of nitrogens with two attached hydrogens (primary N) is 1. The molecule has 0 bridgehead atoms. The van der Waals surface area contributed by atoms with Crippen LogP contribution in [-0.2, 0) is 38.1 Å². The van der Waals surface area contributed by atoms with Crippen LogP contribution in [0.4, 0.5) is 0 Å². The number of aliphatic carboxylic acids is 2. The number of ether oxygens (including phenoxy) is 4. The van der Waals surface area contributed by atoms with Crippen LogP contribution in [0.1, 0.15) is 51.0 Å². The van der Waals surface area contributed by atoms with E-state index in [9.17, 15) is 19.2 Å². The number of hydrogen-bond acceptors (Lipinski definition) is 10. The maximum absolute atomic E-state index is 13.7. The minimum Gasteiger partial charge on any atom is -0.478 e. The molecule has 2 saturated carbocycles. The molecule has 0 amide bonds. The van der Waals surface area contributed by atoms with Crippen LogP contribution < -0.4 is 11.1 Å². The Bertz CT molecular complexity index is 1310. The summed E-state index contributed by atoms with van der Waals surface area (Å²) in [6.45, 7) is 5.83. The summed E-state index contributed by atoms with van der Waals surface area (Å²) in [4.78, 5) is 46.2. The number of carboxylic acid groups (broad SMARTS) is 2. The van der Waals surface area contributed by atoms with Gasteiger partial charge in [-0.1, -0.05) is 29.8 Å². The van der Waals surface area contributed by atoms with Gasteiger partial charge in [-0.15, -0.1) is 0 Å². The van der Waals surface area contributed by atoms with E-state index in [0.717, 1.165) is 0 Å². The van der Waals surface area contributed by atoms with Gasteiger partial charge < -0.3 is 40.2 Å². The molecule has 13 heteroatoms. The first-order valence-electron chi connectivity index (χ1n) is 15.4. The molecule has 2 aliphatic carbocycles. The average molecular weight is 663 g/mol. The van der Waals surface area contributed by atoms with Gasteiger partial charge in [0.15, 0.2) is 0 Å². The van der Waals surface area contributed by atoms with Crippen LogP contribution in [0.2, 0.25) is 5.02 Å². The van der Waals surface area contributed by atoms with Crippen molar-refractivity contribution in [3.05, 3.63) is 69.5 Å². The van der Waals surface area contributed by atoms with E-state index >= 15 is 0 Å². The lowest BCUT2D eigenvalue weighted by Crippen LogP contribution is -2.35. The lowest BCUT2D eigenvalue weighted by atomic mass is 9.80. The Labute approximate surface area is 273 Å². The molecule has 1 aromatic rings. The third-order valence-corrected chi connectivity index (χ3v) is 8.03. The fourth-order valence-corrected chi connectivity index (χ4v) is 5.57. The number of nitrogens with one attached hydrogen (secondary N) is 1. The Morgan fingerprint density at radius 3 is 2.07 bits per heavy atom. The normalized spacial score (nSPS) is 17.8. The minimum absolute atomic E-state index is 0.103. The molecule has 12 nitrogen and oxygen atoms in total. The number of esters is 2. The van der Waals surface area contributed by atoms with Crippen molar-refractivity contribution < 1.29 is 48.3 Å². The van der Waals surface area contributed by atoms with Crippen LogP contribution >= 0.6 is 11.6 Å². The van der Waals surface area contributed by atoms with E-state index in [4.69, 9.17) is 46.5 Å². The maximum Gasteiger partial charge on any atom is 0.336 e. The Kier molecular flexibility index (Phi) is 14.7. The van der Waals surface area contributed by atoms with E-state index in [1.54, 1.807) is 13.0 Å². The van der Waals surface area contributed by atoms with Crippen LogP contribution in [0.25, 0.3) is 0 Å². The summed E-state index contributed by atoms with van der Waals surface area (Å²) in [7, 11) is 0. The summed E-state index contributed by atoms with van der Waals surface area (Å²) in [5, 5.41) is 19.3. The number of carboxylic acids is 2. The topological polar surface area (TPSA) is 184 Å². The third-order valence-electron chi connectivity index (χ3n) is 7.69. The van der Waals surface area contributed by atoms with Crippen LogP contribution in [-0.4, -0.2) is 80.3 Å². The highest BCUT2D eigenvalue weighted by molar-refractivity contribution is 6.31. The van der Waals surface area contributed by atoms with Gasteiger partial charge in [0.1, 0.15) is 0 Å². The summed E-state index contributed by atoms with van der Waals surface area (Å²) in [5.74, 6) is -2.52. The molecular formula is C33H43ClN2O10. The van der Waals surface area contributed by atoms with Crippen molar-refractivity contribution in [2.45, 2.75) is 45.4 Å². The van der Waals surface area contributed by atoms with Gasteiger partial charge >= 0.3 is 23.9 Å². The predicted molar refractivity (Wildman–Crippen MR) is 169 cm³/mol. The summed E-state index contributed by atoms with van der Waals surface area (Å²) in [6.07, 6.45) is 5.95. The molecule has 4 rings (SSSR count). The first-order valence-corrected chi connectivity index (χ1v) is 15.8. The molecule has 46 heavy (non-hydrogen) atoms. The summed E-state index contributed by atoms with van der Waals surface area (Å²) in [6, 6.07) is 7.23. The zero-order chi connectivity index (χ0) is 33.6. The SMILES string of the molecule is CCOC(=O)C1=C(COCCOCCN)NC(C)=C(C(=O)OCC(C2CC2)C2CC2)[C@H]1c1ccccc1Cl.O=C(O)C=CC(=O)O. The second-order valence-corrected chi connectivity index (χ2v) is 11.5. The number of carbonyl (C=O) groups is 4. The second kappa shape index (κ2) is 18.4. The van der Waals surface area contributed by atoms with E-state index in [1.165, 1.54) is 25.7 Å². The maximum atomic E-state index is 13.7. The largest absolute Gasteiger partial charge is 0.478 e. The number of benzene rings is 1. The molecule has 0 saturated heterocycles. The second-order valence-electron chi connectivity index (χ2n) is 11.1. The lowest BCUT2D eigenvalue weighted by Gasteiger charge is -2.32. The fourth-order valence-electron chi connectivity index (χ4n) is 5.33. The third kappa shape index (κ3) is 11.3. The molecule has 0 aromatic heterocycles. The number of dihydropyridines is 1. The monoisotopic (exact) mass is 662 g/mol. The molecule has 1 aromatic carbocycles. The highest BCUT2D eigenvalue weighted by atomic mass is 35.5. The van der Waals surface area contributed by atoms with Crippen molar-refractivity contribution in [2.24, 2.45) is 23.5 Å². The smallest absolute Gasteiger partial charge is 0.336 e. The minimum atomic E-state index is -1.26. The van der Waals surface area contributed by atoms with Gasteiger partial charge in [0.2, 0.25) is 0 Å². The van der Waals surface area contributed by atoms with Crippen LogP contribution in [0.5, 0.6) is 0 Å². The van der Waals surface area contributed by atoms with Crippen molar-refractivity contribution in [3.63, 3.8) is 0 Å². The van der Waals surface area contributed by atoms with Gasteiger partial charge in [-0.05, 0) is 68.9 Å². The van der Waals surface area contributed by atoms with Gasteiger partial charge in [0, 0.05) is 29.4 Å². The predicted octanol–water partition coefficient (Wildman–Crippen LogP) is 3.80. The van der Waals surface area contributed by atoms with Gasteiger partial charge in [0.05, 0.1) is 62.4 Å². The van der Waals surface area contributed by atoms with E-state index in [1.807, 2.05) is 25.1 Å². The molecule has 1 aliphatic heterocycles. The molecule has 252 valence electrons. The number of rotatable bonds is 17. The van der Waals surface area contributed by atoms with Gasteiger partial charge in [-0.25, -0.2) is 19.2 Å². The van der Waals surface area contributed by atoms with Crippen molar-refractivity contribution in [1.82, 2.24) is 5.32 Å². The molecule has 2 fully saturated rings. The van der Waals surface area contributed by atoms with Gasteiger partial charge in [0.25, 0.3) is 0 Å². The quantitative estimate of drug-likeness (QED) is 0.108. The first-order chi connectivity index (χ1) is 22.1. The van der Waals surface area contributed by atoms with E-state index < -0.39 is 29.8 Å². The molecule has 1 heterocycles. The first kappa shape index (κ1) is 36.8. The van der Waals surface area contributed by atoms with Crippen molar-refractivity contribution >= 4 is 35.5 Å². The van der Waals surface area contributed by atoms with Gasteiger partial charge in [-0.3, -0.25) is 0 Å². The molecular weight excluding hydrogens is 620 g/mol. The van der Waals surface area contributed by atoms with Crippen LogP contribution in [0, 0.1) is 17.8 Å². The number of hydrogen-bond donors (Lipinski definition) is 4. The van der Waals surface area contributed by atoms with Crippen molar-refractivity contribution in [2.75, 3.05) is 46.2 Å². The number of allylic oxidation sites excluding steroid dienone is 1. The highest BCUT2D eigenvalue weighted by Gasteiger charge is 2.44. The standard InChI is InChI=1S/C29H39ClN2O6.C4H4O4/c1-3-37-29(34)27-24(17-36-15-14-35-13-12-31)32-18(2)25(26(27)21-6-4-5-7-23(21)30)28(33)38-16-22(19-8-9-19)20-10-11-20;5-3(6)1-2-4(7)8/h4-7,19-20,22,26,32H,3,8-17,31H2,1-2H3;1-2H,(H,5,6)(H,7,8)/t26-;/m1./s1. The van der Waals surface area contributed by atoms with Gasteiger partial charge in [-0.2, -0.15) is 0 Å². The average Bonchev–Trinajstić information content (AvgIpc) is 3.94. The van der Waals surface area contributed by atoms with E-state index in [-0.39, 0.29) is 13.2 Å². The number of halogens is 1. The number of carbonyl (C=O) groups excluding carboxylic acids is 2. The van der Waals surface area contributed by atoms with Crippen molar-refractivity contribution in [1.29, 1.82) is 0 Å². The highest BCUT2D eigenvalue weighted by Crippen LogP contribution is 2.49. The Balaban J connectivity index is 0.000000637. The summed E-state index contributed by atoms with van der Waals surface area (Å²) in [5.41, 5.74) is 7.87. The summed E-state index contributed by atoms with van der Waals surface area (Å²) >= 11 is 6.64. The Morgan fingerprint density at radius 1 is 0.935 bits per heavy atom. The Hall–Kier alpha value is -3.71.